The number of nitrogens with two attached hydrogens (primary N) is 3. The van der Waals surface area contributed by atoms with Crippen LogP contribution in [0.25, 0.3) is 0 Å². The van der Waals surface area contributed by atoms with Gasteiger partial charge in [0, 0.05) is 37.6 Å². The summed E-state index contributed by atoms with van der Waals surface area (Å²) < 4.78 is 0. The van der Waals surface area contributed by atoms with E-state index in [1.54, 1.807) is 0 Å². The first-order valence-electron chi connectivity index (χ1n) is 11.4. The number of amides is 5. The van der Waals surface area contributed by atoms with E-state index in [-0.39, 0.29) is 32.1 Å². The van der Waals surface area contributed by atoms with Crippen molar-refractivity contribution in [2.24, 2.45) is 17.2 Å². The second-order valence-corrected chi connectivity index (χ2v) is 8.35. The number of carbonyl (C=O) groups is 7. The number of nitrogens with zero attached hydrogens (tertiary/aromatic N) is 1. The zero-order valence-electron chi connectivity index (χ0n) is 20.3. The molecule has 0 saturated heterocycles. The first-order chi connectivity index (χ1) is 17.8. The fraction of sp³-hybridized carbons (Fsp3) is 0.524. The lowest BCUT2D eigenvalue weighted by molar-refractivity contribution is -0.143. The summed E-state index contributed by atoms with van der Waals surface area (Å²) in [6, 6.07) is -5.58. The van der Waals surface area contributed by atoms with Crippen molar-refractivity contribution < 1.29 is 43.8 Å². The maximum absolute atomic E-state index is 13.0. The number of carboxylic acids is 2. The molecule has 4 unspecified atom stereocenters. The van der Waals surface area contributed by atoms with Gasteiger partial charge >= 0.3 is 11.9 Å². The summed E-state index contributed by atoms with van der Waals surface area (Å²) in [6.45, 7) is 0. The lowest BCUT2D eigenvalue weighted by Gasteiger charge is -2.25. The first-order valence-corrected chi connectivity index (χ1v) is 11.4. The maximum atomic E-state index is 13.0. The SMILES string of the molecule is NC(=O)CCC(NC(=O)C(N)Cc1cnc[nH]1)C(=O)NC(CCC(N)=O)C(=O)NC(CCC(=O)O)C(=O)O. The number of nitrogens with one attached hydrogen (secondary N) is 4. The van der Waals surface area contributed by atoms with E-state index in [1.807, 2.05) is 0 Å². The minimum absolute atomic E-state index is 0.0482. The minimum Gasteiger partial charge on any atom is -0.481 e. The van der Waals surface area contributed by atoms with Crippen molar-refractivity contribution in [3.63, 3.8) is 0 Å². The Balaban J connectivity index is 3.01. The average molecular weight is 541 g/mol. The molecule has 210 valence electrons. The highest BCUT2D eigenvalue weighted by Gasteiger charge is 2.31. The third-order valence-electron chi connectivity index (χ3n) is 5.22. The van der Waals surface area contributed by atoms with Gasteiger partial charge in [-0.25, -0.2) is 9.78 Å². The van der Waals surface area contributed by atoms with E-state index in [0.29, 0.717) is 5.69 Å². The Morgan fingerprint density at radius 2 is 1.26 bits per heavy atom. The van der Waals surface area contributed by atoms with E-state index in [0.717, 1.165) is 0 Å². The fourth-order valence-electron chi connectivity index (χ4n) is 3.19. The molecule has 1 heterocycles. The third-order valence-corrected chi connectivity index (χ3v) is 5.22. The van der Waals surface area contributed by atoms with Crippen LogP contribution >= 0.6 is 0 Å². The van der Waals surface area contributed by atoms with Crippen LogP contribution in [0.3, 0.4) is 0 Å². The molecular weight excluding hydrogens is 508 g/mol. The molecule has 0 radical (unpaired) electrons. The van der Waals surface area contributed by atoms with Crippen LogP contribution in [-0.2, 0) is 40.0 Å². The summed E-state index contributed by atoms with van der Waals surface area (Å²) in [4.78, 5) is 89.7. The van der Waals surface area contributed by atoms with Crippen LogP contribution < -0.4 is 33.2 Å². The topological polar surface area (TPSA) is 303 Å². The smallest absolute Gasteiger partial charge is 0.326 e. The molecular formula is C21H32N8O9. The Morgan fingerprint density at radius 3 is 1.68 bits per heavy atom. The zero-order chi connectivity index (χ0) is 28.8. The van der Waals surface area contributed by atoms with Gasteiger partial charge in [0.25, 0.3) is 0 Å². The van der Waals surface area contributed by atoms with E-state index < -0.39 is 78.5 Å². The number of aromatic nitrogens is 2. The van der Waals surface area contributed by atoms with Crippen LogP contribution in [0.4, 0.5) is 0 Å². The molecule has 17 nitrogen and oxygen atoms in total. The molecule has 4 atom stereocenters. The highest BCUT2D eigenvalue weighted by molar-refractivity contribution is 5.94. The summed E-state index contributed by atoms with van der Waals surface area (Å²) in [5.74, 6) is -7.14. The van der Waals surface area contributed by atoms with Crippen LogP contribution in [-0.4, -0.2) is 85.8 Å². The van der Waals surface area contributed by atoms with Crippen molar-refractivity contribution in [1.82, 2.24) is 25.9 Å². The Bertz CT molecular complexity index is 1010. The normalized spacial score (nSPS) is 13.8. The van der Waals surface area contributed by atoms with E-state index >= 15 is 0 Å². The number of aromatic amines is 1. The number of primary amides is 2. The highest BCUT2D eigenvalue weighted by atomic mass is 16.4. The lowest BCUT2D eigenvalue weighted by atomic mass is 10.0. The van der Waals surface area contributed by atoms with Crippen LogP contribution in [0, 0.1) is 0 Å². The molecule has 0 saturated carbocycles. The highest BCUT2D eigenvalue weighted by Crippen LogP contribution is 2.06. The van der Waals surface area contributed by atoms with Crippen molar-refractivity contribution in [3.05, 3.63) is 18.2 Å². The second-order valence-electron chi connectivity index (χ2n) is 8.35. The molecule has 1 aromatic rings. The molecule has 12 N–H and O–H groups in total. The molecule has 5 amide bonds. The van der Waals surface area contributed by atoms with E-state index in [2.05, 4.69) is 25.9 Å². The number of aliphatic carboxylic acids is 2. The number of imidazole rings is 1. The van der Waals surface area contributed by atoms with Gasteiger partial charge in [-0.3, -0.25) is 28.8 Å². The first kappa shape index (κ1) is 31.5. The zero-order valence-corrected chi connectivity index (χ0v) is 20.3. The van der Waals surface area contributed by atoms with Gasteiger partial charge in [-0.2, -0.15) is 0 Å². The van der Waals surface area contributed by atoms with Gasteiger partial charge in [-0.05, 0) is 19.3 Å². The Hall–Kier alpha value is -4.54. The van der Waals surface area contributed by atoms with Gasteiger partial charge in [-0.1, -0.05) is 0 Å². The Labute approximate surface area is 216 Å². The van der Waals surface area contributed by atoms with Crippen LogP contribution in [0.1, 0.15) is 44.2 Å². The molecule has 0 aliphatic rings. The van der Waals surface area contributed by atoms with Crippen LogP contribution in [0.5, 0.6) is 0 Å². The maximum Gasteiger partial charge on any atom is 0.326 e. The fourth-order valence-corrected chi connectivity index (χ4v) is 3.19. The van der Waals surface area contributed by atoms with Gasteiger partial charge in [0.1, 0.15) is 18.1 Å². The van der Waals surface area contributed by atoms with Crippen LogP contribution in [0.15, 0.2) is 12.5 Å². The number of rotatable bonds is 18. The number of hydrogen-bond donors (Lipinski definition) is 9. The van der Waals surface area contributed by atoms with E-state index in [1.165, 1.54) is 12.5 Å². The number of carboxylic acid groups (broad SMARTS) is 2. The third kappa shape index (κ3) is 11.9. The molecule has 0 aromatic carbocycles. The summed E-state index contributed by atoms with van der Waals surface area (Å²) >= 11 is 0. The number of hydrogen-bond acceptors (Lipinski definition) is 9. The van der Waals surface area contributed by atoms with E-state index in [9.17, 15) is 38.7 Å². The molecule has 0 aliphatic carbocycles. The van der Waals surface area contributed by atoms with Crippen molar-refractivity contribution in [2.75, 3.05) is 0 Å². The monoisotopic (exact) mass is 540 g/mol. The number of H-pyrrole nitrogens is 1. The quantitative estimate of drug-likeness (QED) is 0.0869. The van der Waals surface area contributed by atoms with Crippen molar-refractivity contribution >= 4 is 41.5 Å². The molecule has 0 fully saturated rings. The second kappa shape index (κ2) is 15.5. The standard InChI is InChI=1S/C21H32N8O9/c22-11(7-10-8-25-9-26-10)18(34)27-12(1-4-15(23)30)19(35)28-13(2-5-16(24)31)20(36)29-14(21(37)38)3-6-17(32)33/h8-9,11-14H,1-7,22H2,(H2,23,30)(H2,24,31)(H,25,26)(H,27,34)(H,28,35)(H,29,36)(H,32,33)(H,37,38). The predicted octanol–water partition coefficient (Wildman–Crippen LogP) is -3.79. The Kier molecular flexibility index (Phi) is 12.9. The van der Waals surface area contributed by atoms with Crippen molar-refractivity contribution in [1.29, 1.82) is 0 Å². The largest absolute Gasteiger partial charge is 0.481 e. The van der Waals surface area contributed by atoms with Gasteiger partial charge < -0.3 is 48.3 Å². The summed E-state index contributed by atoms with van der Waals surface area (Å²) in [5, 5.41) is 24.9. The van der Waals surface area contributed by atoms with Gasteiger partial charge in [-0.15, -0.1) is 0 Å². The molecule has 0 bridgehead atoms. The number of carbonyl (C=O) groups excluding carboxylic acids is 5. The minimum atomic E-state index is -1.60. The molecule has 1 rings (SSSR count). The Morgan fingerprint density at radius 1 is 0.789 bits per heavy atom. The molecule has 38 heavy (non-hydrogen) atoms. The average Bonchev–Trinajstić information content (AvgIpc) is 3.33. The van der Waals surface area contributed by atoms with Gasteiger partial charge in [0.05, 0.1) is 12.4 Å². The molecule has 1 aromatic heterocycles. The predicted molar refractivity (Wildman–Crippen MR) is 127 cm³/mol. The summed E-state index contributed by atoms with van der Waals surface area (Å²) in [6.07, 6.45) is 0.587. The van der Waals surface area contributed by atoms with Crippen molar-refractivity contribution in [2.45, 2.75) is 69.1 Å². The van der Waals surface area contributed by atoms with E-state index in [4.69, 9.17) is 22.3 Å². The van der Waals surface area contributed by atoms with Crippen molar-refractivity contribution in [3.8, 4) is 0 Å². The van der Waals surface area contributed by atoms with Gasteiger partial charge in [0.2, 0.25) is 29.5 Å². The summed E-state index contributed by atoms with van der Waals surface area (Å²) in [5.41, 5.74) is 16.7. The summed E-state index contributed by atoms with van der Waals surface area (Å²) in [7, 11) is 0. The molecule has 0 spiro atoms. The van der Waals surface area contributed by atoms with Gasteiger partial charge in [0.15, 0.2) is 0 Å². The van der Waals surface area contributed by atoms with Crippen LogP contribution in [0.2, 0.25) is 0 Å². The molecule has 0 aliphatic heterocycles. The molecule has 17 heteroatoms. The lowest BCUT2D eigenvalue weighted by Crippen LogP contribution is -2.57.